The van der Waals surface area contributed by atoms with E-state index in [0.29, 0.717) is 36.8 Å². The van der Waals surface area contributed by atoms with Crippen LogP contribution in [0.3, 0.4) is 0 Å². The number of phenolic OH excluding ortho intramolecular Hbond substituents is 1. The number of methoxy groups -OCH3 is 1. The summed E-state index contributed by atoms with van der Waals surface area (Å²) in [7, 11) is 3.37. The van der Waals surface area contributed by atoms with Gasteiger partial charge in [0, 0.05) is 38.0 Å². The van der Waals surface area contributed by atoms with Crippen molar-refractivity contribution in [3.63, 3.8) is 0 Å². The van der Waals surface area contributed by atoms with Gasteiger partial charge in [-0.3, -0.25) is 4.68 Å². The standard InChI is InChI=1S/C19H29N5O3/c1-5-20-18(22-13-19(2,26)15-11-23-24(3)12-15)21-9-8-14-6-7-16(27-4)10-17(14)25/h6-7,10-12,25-26H,5,8-9,13H2,1-4H3,(H2,20,21,22). The minimum Gasteiger partial charge on any atom is -0.508 e. The van der Waals surface area contributed by atoms with E-state index in [4.69, 9.17) is 4.74 Å². The summed E-state index contributed by atoms with van der Waals surface area (Å²) in [5, 5.41) is 31.1. The lowest BCUT2D eigenvalue weighted by atomic mass is 10.0. The Morgan fingerprint density at radius 3 is 2.74 bits per heavy atom. The summed E-state index contributed by atoms with van der Waals surface area (Å²) < 4.78 is 6.74. The molecular weight excluding hydrogens is 346 g/mol. The van der Waals surface area contributed by atoms with Crippen LogP contribution in [-0.2, 0) is 19.1 Å². The van der Waals surface area contributed by atoms with Crippen molar-refractivity contribution in [1.29, 1.82) is 0 Å². The van der Waals surface area contributed by atoms with Crippen molar-refractivity contribution in [1.82, 2.24) is 20.4 Å². The summed E-state index contributed by atoms with van der Waals surface area (Å²) in [6.07, 6.45) is 4.05. The fraction of sp³-hybridized carbons (Fsp3) is 0.474. The molecule has 0 aliphatic rings. The highest BCUT2D eigenvalue weighted by atomic mass is 16.5. The molecule has 0 amide bonds. The first-order chi connectivity index (χ1) is 12.9. The van der Waals surface area contributed by atoms with Crippen molar-refractivity contribution in [2.75, 3.05) is 26.7 Å². The second kappa shape index (κ2) is 9.27. The number of phenols is 1. The molecule has 4 N–H and O–H groups in total. The Kier molecular flexibility index (Phi) is 7.06. The van der Waals surface area contributed by atoms with Crippen LogP contribution in [0.2, 0.25) is 0 Å². The van der Waals surface area contributed by atoms with Crippen molar-refractivity contribution < 1.29 is 14.9 Å². The van der Waals surface area contributed by atoms with E-state index < -0.39 is 5.60 Å². The highest BCUT2D eigenvalue weighted by Gasteiger charge is 2.24. The second-order valence-electron chi connectivity index (χ2n) is 6.54. The van der Waals surface area contributed by atoms with Crippen molar-refractivity contribution in [2.45, 2.75) is 25.9 Å². The third-order valence-corrected chi connectivity index (χ3v) is 4.20. The Bertz CT molecular complexity index is 770. The van der Waals surface area contributed by atoms with Crippen LogP contribution in [0.15, 0.2) is 35.6 Å². The first kappa shape index (κ1) is 20.6. The lowest BCUT2D eigenvalue weighted by Crippen LogP contribution is -2.39. The first-order valence-electron chi connectivity index (χ1n) is 8.95. The average molecular weight is 375 g/mol. The highest BCUT2D eigenvalue weighted by Crippen LogP contribution is 2.23. The minimum absolute atomic E-state index is 0.196. The number of guanidine groups is 1. The summed E-state index contributed by atoms with van der Waals surface area (Å²) in [5.74, 6) is 1.43. The molecule has 0 aliphatic carbocycles. The Morgan fingerprint density at radius 2 is 2.15 bits per heavy atom. The summed E-state index contributed by atoms with van der Waals surface area (Å²) in [6.45, 7) is 5.18. The summed E-state index contributed by atoms with van der Waals surface area (Å²) in [4.78, 5) is 4.48. The predicted molar refractivity (Wildman–Crippen MR) is 105 cm³/mol. The number of aliphatic hydroxyl groups is 1. The van der Waals surface area contributed by atoms with E-state index >= 15 is 0 Å². The van der Waals surface area contributed by atoms with E-state index in [1.165, 1.54) is 0 Å². The maximum absolute atomic E-state index is 10.6. The normalized spacial score (nSPS) is 13.9. The van der Waals surface area contributed by atoms with Crippen molar-refractivity contribution in [3.05, 3.63) is 41.7 Å². The van der Waals surface area contributed by atoms with Crippen LogP contribution in [0.25, 0.3) is 0 Å². The maximum atomic E-state index is 10.6. The van der Waals surface area contributed by atoms with Crippen LogP contribution >= 0.6 is 0 Å². The molecule has 0 spiro atoms. The van der Waals surface area contributed by atoms with Gasteiger partial charge < -0.3 is 25.6 Å². The van der Waals surface area contributed by atoms with Crippen LogP contribution in [0, 0.1) is 0 Å². The van der Waals surface area contributed by atoms with Crippen LogP contribution < -0.4 is 15.4 Å². The molecule has 1 aromatic carbocycles. The minimum atomic E-state index is -1.11. The number of nitrogens with one attached hydrogen (secondary N) is 2. The number of rotatable bonds is 8. The van der Waals surface area contributed by atoms with Crippen molar-refractivity contribution in [2.24, 2.45) is 12.0 Å². The molecule has 0 saturated carbocycles. The van der Waals surface area contributed by atoms with Crippen LogP contribution in [0.4, 0.5) is 0 Å². The first-order valence-corrected chi connectivity index (χ1v) is 8.95. The van der Waals surface area contributed by atoms with Gasteiger partial charge in [-0.25, -0.2) is 4.99 Å². The Labute approximate surface area is 159 Å². The van der Waals surface area contributed by atoms with E-state index in [1.807, 2.05) is 26.1 Å². The fourth-order valence-corrected chi connectivity index (χ4v) is 2.56. The van der Waals surface area contributed by atoms with E-state index in [2.05, 4.69) is 20.7 Å². The number of ether oxygens (including phenoxy) is 1. The molecular formula is C19H29N5O3. The Balaban J connectivity index is 1.95. The lowest BCUT2D eigenvalue weighted by Gasteiger charge is -2.20. The van der Waals surface area contributed by atoms with Crippen LogP contribution in [0.1, 0.15) is 25.0 Å². The third kappa shape index (κ3) is 5.89. The summed E-state index contributed by atoms with van der Waals surface area (Å²) in [5.41, 5.74) is 0.430. The molecule has 2 rings (SSSR count). The zero-order valence-electron chi connectivity index (χ0n) is 16.4. The zero-order valence-corrected chi connectivity index (χ0v) is 16.4. The largest absolute Gasteiger partial charge is 0.508 e. The van der Waals surface area contributed by atoms with Gasteiger partial charge in [0.05, 0.1) is 19.9 Å². The average Bonchev–Trinajstić information content (AvgIpc) is 3.08. The zero-order chi connectivity index (χ0) is 19.9. The van der Waals surface area contributed by atoms with Crippen molar-refractivity contribution >= 4 is 5.96 Å². The van der Waals surface area contributed by atoms with Gasteiger partial charge in [0.15, 0.2) is 5.96 Å². The highest BCUT2D eigenvalue weighted by molar-refractivity contribution is 5.79. The van der Waals surface area contributed by atoms with Gasteiger partial charge in [0.2, 0.25) is 0 Å². The molecule has 8 heteroatoms. The molecule has 1 atom stereocenters. The molecule has 148 valence electrons. The molecule has 1 unspecified atom stereocenters. The molecule has 2 aromatic rings. The monoisotopic (exact) mass is 375 g/mol. The van der Waals surface area contributed by atoms with Crippen LogP contribution in [-0.4, -0.2) is 52.7 Å². The van der Waals surface area contributed by atoms with Gasteiger partial charge in [0.25, 0.3) is 0 Å². The van der Waals surface area contributed by atoms with Gasteiger partial charge >= 0.3 is 0 Å². The number of benzene rings is 1. The van der Waals surface area contributed by atoms with E-state index in [1.54, 1.807) is 37.2 Å². The summed E-state index contributed by atoms with van der Waals surface area (Å²) in [6, 6.07) is 5.26. The number of aliphatic imine (C=N–C) groups is 1. The lowest BCUT2D eigenvalue weighted by molar-refractivity contribution is 0.0672. The molecule has 1 heterocycles. The second-order valence-corrected chi connectivity index (χ2v) is 6.54. The van der Waals surface area contributed by atoms with Gasteiger partial charge in [0.1, 0.15) is 17.1 Å². The molecule has 1 aromatic heterocycles. The predicted octanol–water partition coefficient (Wildman–Crippen LogP) is 1.14. The third-order valence-electron chi connectivity index (χ3n) is 4.20. The van der Waals surface area contributed by atoms with Gasteiger partial charge in [-0.05, 0) is 31.9 Å². The molecule has 27 heavy (non-hydrogen) atoms. The number of nitrogens with zero attached hydrogens (tertiary/aromatic N) is 3. The molecule has 0 saturated heterocycles. The van der Waals surface area contributed by atoms with Gasteiger partial charge in [-0.1, -0.05) is 6.07 Å². The fourth-order valence-electron chi connectivity index (χ4n) is 2.56. The van der Waals surface area contributed by atoms with E-state index in [-0.39, 0.29) is 12.3 Å². The maximum Gasteiger partial charge on any atom is 0.191 e. The van der Waals surface area contributed by atoms with Crippen LogP contribution in [0.5, 0.6) is 11.5 Å². The quantitative estimate of drug-likeness (QED) is 0.407. The summed E-state index contributed by atoms with van der Waals surface area (Å²) >= 11 is 0. The molecule has 0 radical (unpaired) electrons. The number of hydrogen-bond donors (Lipinski definition) is 4. The molecule has 0 aliphatic heterocycles. The smallest absolute Gasteiger partial charge is 0.191 e. The number of aryl methyl sites for hydroxylation is 1. The Hall–Kier alpha value is -2.74. The Morgan fingerprint density at radius 1 is 1.37 bits per heavy atom. The molecule has 0 bridgehead atoms. The SMILES string of the molecule is CCNC(=NCC(C)(O)c1cnn(C)c1)NCCc1ccc(OC)cc1O. The number of hydrogen-bond acceptors (Lipinski definition) is 5. The van der Waals surface area contributed by atoms with Gasteiger partial charge in [-0.2, -0.15) is 5.10 Å². The topological polar surface area (TPSA) is 104 Å². The number of aromatic nitrogens is 2. The van der Waals surface area contributed by atoms with Gasteiger partial charge in [-0.15, -0.1) is 0 Å². The number of aromatic hydroxyl groups is 1. The molecule has 0 fully saturated rings. The van der Waals surface area contributed by atoms with Crippen molar-refractivity contribution in [3.8, 4) is 11.5 Å². The van der Waals surface area contributed by atoms with E-state index in [0.717, 1.165) is 5.56 Å². The van der Waals surface area contributed by atoms with E-state index in [9.17, 15) is 10.2 Å². The molecule has 8 nitrogen and oxygen atoms in total.